The lowest BCUT2D eigenvalue weighted by atomic mass is 10.1. The second kappa shape index (κ2) is 9.67. The van der Waals surface area contributed by atoms with Crippen LogP contribution in [0.2, 0.25) is 0 Å². The molecular weight excluding hydrogens is 358 g/mol. The van der Waals surface area contributed by atoms with Crippen molar-refractivity contribution in [2.24, 2.45) is 5.10 Å². The summed E-state index contributed by atoms with van der Waals surface area (Å²) >= 11 is 3.43. The highest BCUT2D eigenvalue weighted by Crippen LogP contribution is 2.24. The van der Waals surface area contributed by atoms with E-state index in [0.29, 0.717) is 6.54 Å². The molecule has 0 saturated carbocycles. The van der Waals surface area contributed by atoms with E-state index >= 15 is 0 Å². The van der Waals surface area contributed by atoms with Crippen molar-refractivity contribution in [1.82, 2.24) is 10.3 Å². The summed E-state index contributed by atoms with van der Waals surface area (Å²) in [5.74, 6) is 0.706. The Morgan fingerprint density at radius 3 is 2.65 bits per heavy atom. The van der Waals surface area contributed by atoms with Gasteiger partial charge >= 0.3 is 0 Å². The van der Waals surface area contributed by atoms with Crippen LogP contribution in [0.1, 0.15) is 37.7 Å². The number of carbonyl (C=O) groups is 1. The summed E-state index contributed by atoms with van der Waals surface area (Å²) in [7, 11) is 1.62. The lowest BCUT2D eigenvalue weighted by Gasteiger charge is -2.23. The molecule has 126 valence electrons. The molecule has 1 amide bonds. The van der Waals surface area contributed by atoms with Gasteiger partial charge in [-0.3, -0.25) is 9.69 Å². The third kappa shape index (κ3) is 6.31. The number of likely N-dealkylation sites (tertiary alicyclic amines) is 1. The summed E-state index contributed by atoms with van der Waals surface area (Å²) in [5, 5.41) is 4.03. The summed E-state index contributed by atoms with van der Waals surface area (Å²) < 4.78 is 6.04. The van der Waals surface area contributed by atoms with E-state index in [1.807, 2.05) is 18.2 Å². The maximum absolute atomic E-state index is 12.0. The van der Waals surface area contributed by atoms with Crippen LogP contribution in [0.3, 0.4) is 0 Å². The number of benzene rings is 1. The second-order valence-corrected chi connectivity index (χ2v) is 6.59. The number of halogens is 1. The molecule has 1 N–H and O–H groups in total. The zero-order valence-electron chi connectivity index (χ0n) is 13.6. The highest BCUT2D eigenvalue weighted by atomic mass is 79.9. The molecule has 1 saturated heterocycles. The van der Waals surface area contributed by atoms with E-state index in [0.717, 1.165) is 28.9 Å². The molecule has 1 aliphatic heterocycles. The van der Waals surface area contributed by atoms with Gasteiger partial charge in [0.15, 0.2) is 0 Å². The Kier molecular flexibility index (Phi) is 7.55. The SMILES string of the molecule is COc1ccc(/C=N/NC(=O)CN2CCCCCCC2)cc1Br. The highest BCUT2D eigenvalue weighted by Gasteiger charge is 2.11. The number of nitrogens with zero attached hydrogens (tertiary/aromatic N) is 2. The van der Waals surface area contributed by atoms with Crippen molar-refractivity contribution in [3.8, 4) is 5.75 Å². The van der Waals surface area contributed by atoms with Crippen molar-refractivity contribution in [2.75, 3.05) is 26.7 Å². The molecule has 1 heterocycles. The van der Waals surface area contributed by atoms with Gasteiger partial charge in [0.1, 0.15) is 5.75 Å². The Hall–Kier alpha value is -1.40. The average molecular weight is 382 g/mol. The van der Waals surface area contributed by atoms with Gasteiger partial charge < -0.3 is 4.74 Å². The molecule has 0 atom stereocenters. The summed E-state index contributed by atoms with van der Waals surface area (Å²) in [5.41, 5.74) is 3.50. The number of hydrogen-bond acceptors (Lipinski definition) is 4. The first-order valence-electron chi connectivity index (χ1n) is 8.07. The molecule has 0 spiro atoms. The predicted octanol–water partition coefficient (Wildman–Crippen LogP) is 3.17. The van der Waals surface area contributed by atoms with Gasteiger partial charge in [-0.1, -0.05) is 19.3 Å². The standard InChI is InChI=1S/C17H24BrN3O2/c1-23-16-8-7-14(11-15(16)18)12-19-20-17(22)13-21-9-5-3-2-4-6-10-21/h7-8,11-12H,2-6,9-10,13H2,1H3,(H,20,22)/b19-12+. The number of carbonyl (C=O) groups excluding carboxylic acids is 1. The fourth-order valence-electron chi connectivity index (χ4n) is 2.65. The molecule has 5 nitrogen and oxygen atoms in total. The predicted molar refractivity (Wildman–Crippen MR) is 96.0 cm³/mol. The molecule has 1 aliphatic rings. The lowest BCUT2D eigenvalue weighted by molar-refractivity contribution is -0.122. The Morgan fingerprint density at radius 1 is 1.30 bits per heavy atom. The van der Waals surface area contributed by atoms with E-state index in [1.165, 1.54) is 32.1 Å². The van der Waals surface area contributed by atoms with Gasteiger partial charge in [0.25, 0.3) is 5.91 Å². The first kappa shape index (κ1) is 17.9. The van der Waals surface area contributed by atoms with E-state index in [-0.39, 0.29) is 5.91 Å². The number of nitrogens with one attached hydrogen (secondary N) is 1. The molecule has 0 radical (unpaired) electrons. The van der Waals surface area contributed by atoms with E-state index < -0.39 is 0 Å². The molecule has 2 rings (SSSR count). The van der Waals surface area contributed by atoms with Crippen molar-refractivity contribution in [1.29, 1.82) is 0 Å². The minimum atomic E-state index is -0.0607. The molecule has 0 unspecified atom stereocenters. The Bertz CT molecular complexity index is 541. The smallest absolute Gasteiger partial charge is 0.254 e. The molecule has 0 aromatic heterocycles. The summed E-state index contributed by atoms with van der Waals surface area (Å²) in [6.07, 6.45) is 7.84. The number of amides is 1. The number of hydrogen-bond donors (Lipinski definition) is 1. The zero-order valence-corrected chi connectivity index (χ0v) is 15.1. The molecule has 1 fully saturated rings. The van der Waals surface area contributed by atoms with Gasteiger partial charge in [-0.15, -0.1) is 0 Å². The summed E-state index contributed by atoms with van der Waals surface area (Å²) in [6.45, 7) is 2.43. The lowest BCUT2D eigenvalue weighted by Crippen LogP contribution is -2.37. The molecule has 23 heavy (non-hydrogen) atoms. The molecule has 1 aromatic rings. The number of hydrazone groups is 1. The first-order chi connectivity index (χ1) is 11.2. The normalized spacial score (nSPS) is 16.8. The van der Waals surface area contributed by atoms with Gasteiger partial charge in [0.05, 0.1) is 24.3 Å². The minimum absolute atomic E-state index is 0.0607. The number of methoxy groups -OCH3 is 1. The van der Waals surface area contributed by atoms with Gasteiger partial charge in [-0.2, -0.15) is 5.10 Å². The van der Waals surface area contributed by atoms with Crippen molar-refractivity contribution < 1.29 is 9.53 Å². The average Bonchev–Trinajstić information content (AvgIpc) is 2.50. The van der Waals surface area contributed by atoms with Gasteiger partial charge in [-0.05, 0) is 65.6 Å². The minimum Gasteiger partial charge on any atom is -0.496 e. The van der Waals surface area contributed by atoms with Crippen LogP contribution >= 0.6 is 15.9 Å². The monoisotopic (exact) mass is 381 g/mol. The van der Waals surface area contributed by atoms with E-state index in [9.17, 15) is 4.79 Å². The molecule has 0 aliphatic carbocycles. The van der Waals surface area contributed by atoms with Crippen LogP contribution in [0.25, 0.3) is 0 Å². The first-order valence-corrected chi connectivity index (χ1v) is 8.86. The molecule has 0 bridgehead atoms. The van der Waals surface area contributed by atoms with Crippen LogP contribution in [-0.2, 0) is 4.79 Å². The van der Waals surface area contributed by atoms with E-state index in [4.69, 9.17) is 4.74 Å². The van der Waals surface area contributed by atoms with Crippen LogP contribution in [0, 0.1) is 0 Å². The van der Waals surface area contributed by atoms with Gasteiger partial charge in [-0.25, -0.2) is 5.43 Å². The van der Waals surface area contributed by atoms with Crippen molar-refractivity contribution in [3.63, 3.8) is 0 Å². The third-order valence-electron chi connectivity index (χ3n) is 3.89. The van der Waals surface area contributed by atoms with Crippen LogP contribution < -0.4 is 10.2 Å². The molecule has 6 heteroatoms. The fraction of sp³-hybridized carbons (Fsp3) is 0.529. The van der Waals surface area contributed by atoms with Crippen molar-refractivity contribution in [2.45, 2.75) is 32.1 Å². The quantitative estimate of drug-likeness (QED) is 0.629. The van der Waals surface area contributed by atoms with Gasteiger partial charge in [0.2, 0.25) is 0 Å². The highest BCUT2D eigenvalue weighted by molar-refractivity contribution is 9.10. The molecular formula is C17H24BrN3O2. The number of rotatable bonds is 5. The van der Waals surface area contributed by atoms with E-state index in [1.54, 1.807) is 13.3 Å². The Balaban J connectivity index is 1.79. The van der Waals surface area contributed by atoms with Crippen LogP contribution in [-0.4, -0.2) is 43.8 Å². The van der Waals surface area contributed by atoms with Crippen LogP contribution in [0.5, 0.6) is 5.75 Å². The third-order valence-corrected chi connectivity index (χ3v) is 4.51. The second-order valence-electron chi connectivity index (χ2n) is 5.73. The maximum atomic E-state index is 12.0. The Morgan fingerprint density at radius 2 is 2.00 bits per heavy atom. The van der Waals surface area contributed by atoms with Crippen molar-refractivity contribution in [3.05, 3.63) is 28.2 Å². The summed E-state index contributed by atoms with van der Waals surface area (Å²) in [4.78, 5) is 14.2. The molecule has 1 aromatic carbocycles. The van der Waals surface area contributed by atoms with Crippen molar-refractivity contribution >= 4 is 28.1 Å². The van der Waals surface area contributed by atoms with Gasteiger partial charge in [0, 0.05) is 0 Å². The van der Waals surface area contributed by atoms with Crippen LogP contribution in [0.4, 0.5) is 0 Å². The van der Waals surface area contributed by atoms with E-state index in [2.05, 4.69) is 31.4 Å². The Labute approximate surface area is 146 Å². The fourth-order valence-corrected chi connectivity index (χ4v) is 3.21. The topological polar surface area (TPSA) is 53.9 Å². The largest absolute Gasteiger partial charge is 0.496 e. The number of ether oxygens (including phenoxy) is 1. The summed E-state index contributed by atoms with van der Waals surface area (Å²) in [6, 6.07) is 5.64. The zero-order chi connectivity index (χ0) is 16.5. The van der Waals surface area contributed by atoms with Crippen LogP contribution in [0.15, 0.2) is 27.8 Å². The maximum Gasteiger partial charge on any atom is 0.254 e.